The maximum absolute atomic E-state index is 11.9. The van der Waals surface area contributed by atoms with Crippen LogP contribution in [-0.2, 0) is 21.3 Å². The maximum atomic E-state index is 11.9. The molecule has 1 aromatic rings. The van der Waals surface area contributed by atoms with Gasteiger partial charge in [0.25, 0.3) is 0 Å². The van der Waals surface area contributed by atoms with Gasteiger partial charge in [-0.25, -0.2) is 4.79 Å². The van der Waals surface area contributed by atoms with E-state index in [0.29, 0.717) is 5.56 Å². The summed E-state index contributed by atoms with van der Waals surface area (Å²) < 4.78 is 11.9. The third-order valence-electron chi connectivity index (χ3n) is 2.51. The van der Waals surface area contributed by atoms with Gasteiger partial charge in [0, 0.05) is 34.8 Å². The van der Waals surface area contributed by atoms with Gasteiger partial charge < -0.3 is 10.4 Å². The molecule has 0 aromatic heterocycles. The van der Waals surface area contributed by atoms with Gasteiger partial charge in [0.1, 0.15) is 0 Å². The van der Waals surface area contributed by atoms with E-state index in [9.17, 15) is 13.8 Å². The molecule has 0 aliphatic carbocycles. The van der Waals surface area contributed by atoms with Crippen LogP contribution in [0.4, 0.5) is 0 Å². The third-order valence-corrected chi connectivity index (χ3v) is 3.82. The van der Waals surface area contributed by atoms with Crippen molar-refractivity contribution in [1.82, 2.24) is 5.32 Å². The van der Waals surface area contributed by atoms with Crippen LogP contribution in [0.2, 0.25) is 0 Å². The van der Waals surface area contributed by atoms with E-state index in [1.807, 2.05) is 13.8 Å². The second kappa shape index (κ2) is 7.79. The topological polar surface area (TPSA) is 83.5 Å². The molecule has 2 N–H and O–H groups in total. The van der Waals surface area contributed by atoms with Crippen molar-refractivity contribution in [3.05, 3.63) is 35.4 Å². The quantitative estimate of drug-likeness (QED) is 0.800. The summed E-state index contributed by atoms with van der Waals surface area (Å²) in [5.74, 6) is -0.590. The first-order chi connectivity index (χ1) is 9.38. The fourth-order valence-corrected chi connectivity index (χ4v) is 2.76. The van der Waals surface area contributed by atoms with Gasteiger partial charge in [0.05, 0.1) is 5.56 Å². The summed E-state index contributed by atoms with van der Waals surface area (Å²) in [6.45, 7) is 3.73. The van der Waals surface area contributed by atoms with Crippen molar-refractivity contribution in [3.63, 3.8) is 0 Å². The Kier molecular flexibility index (Phi) is 6.38. The zero-order chi connectivity index (χ0) is 15.1. The highest BCUT2D eigenvalue weighted by atomic mass is 32.2. The number of benzene rings is 1. The predicted octanol–water partition coefficient (Wildman–Crippen LogP) is 1.55. The largest absolute Gasteiger partial charge is 0.478 e. The zero-order valence-corrected chi connectivity index (χ0v) is 12.4. The maximum Gasteiger partial charge on any atom is 0.335 e. The lowest BCUT2D eigenvalue weighted by atomic mass is 10.1. The summed E-state index contributed by atoms with van der Waals surface area (Å²) in [5, 5.41) is 11.6. The average Bonchev–Trinajstić information content (AvgIpc) is 2.36. The number of hydrogen-bond donors (Lipinski definition) is 2. The number of rotatable bonds is 7. The van der Waals surface area contributed by atoms with Crippen LogP contribution < -0.4 is 5.32 Å². The molecule has 0 spiro atoms. The predicted molar refractivity (Wildman–Crippen MR) is 78.0 cm³/mol. The minimum absolute atomic E-state index is 0.0724. The molecule has 0 radical (unpaired) electrons. The highest BCUT2D eigenvalue weighted by Gasteiger charge is 2.09. The van der Waals surface area contributed by atoms with Crippen LogP contribution in [0.5, 0.6) is 0 Å². The lowest BCUT2D eigenvalue weighted by molar-refractivity contribution is -0.121. The normalized spacial score (nSPS) is 12.2. The van der Waals surface area contributed by atoms with Crippen LogP contribution in [0.15, 0.2) is 24.3 Å². The second-order valence-electron chi connectivity index (χ2n) is 4.77. The van der Waals surface area contributed by atoms with Crippen molar-refractivity contribution >= 4 is 22.7 Å². The lowest BCUT2D eigenvalue weighted by Crippen LogP contribution is -2.30. The monoisotopic (exact) mass is 297 g/mol. The highest BCUT2D eigenvalue weighted by Crippen LogP contribution is 2.08. The minimum Gasteiger partial charge on any atom is -0.478 e. The Morgan fingerprint density at radius 3 is 2.65 bits per heavy atom. The van der Waals surface area contributed by atoms with Crippen LogP contribution in [0.25, 0.3) is 0 Å². The Labute approximate surface area is 120 Å². The zero-order valence-electron chi connectivity index (χ0n) is 11.6. The molecule has 0 aliphatic rings. The number of nitrogens with one attached hydrogen (secondary N) is 1. The van der Waals surface area contributed by atoms with Gasteiger partial charge in [-0.05, 0) is 31.5 Å². The van der Waals surface area contributed by atoms with E-state index in [2.05, 4.69) is 5.32 Å². The Balaban J connectivity index is 2.48. The number of carbonyl (C=O) groups is 2. The highest BCUT2D eigenvalue weighted by molar-refractivity contribution is 7.84. The van der Waals surface area contributed by atoms with Crippen molar-refractivity contribution in [2.75, 3.05) is 5.75 Å². The molecule has 20 heavy (non-hydrogen) atoms. The molecule has 0 bridgehead atoms. The van der Waals surface area contributed by atoms with Crippen LogP contribution in [0, 0.1) is 0 Å². The third kappa shape index (κ3) is 5.97. The number of amides is 1. The molecule has 1 rings (SSSR count). The van der Waals surface area contributed by atoms with E-state index >= 15 is 0 Å². The van der Waals surface area contributed by atoms with Gasteiger partial charge in [0.2, 0.25) is 5.91 Å². The van der Waals surface area contributed by atoms with Gasteiger partial charge in [0.15, 0.2) is 0 Å². The molecule has 6 heteroatoms. The summed E-state index contributed by atoms with van der Waals surface area (Å²) in [6, 6.07) is 6.43. The summed E-state index contributed by atoms with van der Waals surface area (Å²) in [6.07, 6.45) is 0.212. The molecule has 0 saturated heterocycles. The van der Waals surface area contributed by atoms with Gasteiger partial charge in [-0.2, -0.15) is 0 Å². The van der Waals surface area contributed by atoms with Crippen molar-refractivity contribution in [3.8, 4) is 0 Å². The van der Waals surface area contributed by atoms with E-state index in [1.165, 1.54) is 12.1 Å². The summed E-state index contributed by atoms with van der Waals surface area (Å²) in [5.41, 5.74) is 0.879. The molecule has 0 aliphatic heterocycles. The number of aromatic carboxylic acids is 1. The Morgan fingerprint density at radius 1 is 1.35 bits per heavy atom. The number of carboxylic acid groups (broad SMARTS) is 1. The van der Waals surface area contributed by atoms with Gasteiger partial charge in [-0.15, -0.1) is 0 Å². The second-order valence-corrected chi connectivity index (χ2v) is 6.34. The lowest BCUT2D eigenvalue weighted by Gasteiger charge is -2.08. The standard InChI is InChI=1S/C14H19NO4S/c1-10(2)15-13(16)6-7-20(19)9-11-4-3-5-12(8-11)14(17)18/h3-5,8,10H,6-7,9H2,1-2H3,(H,15,16)(H,17,18). The van der Waals surface area contributed by atoms with Gasteiger partial charge >= 0.3 is 5.97 Å². The minimum atomic E-state index is -1.18. The number of hydrogen-bond acceptors (Lipinski definition) is 3. The molecule has 1 atom stereocenters. The van der Waals surface area contributed by atoms with Crippen LogP contribution >= 0.6 is 0 Å². The van der Waals surface area contributed by atoms with E-state index in [4.69, 9.17) is 5.11 Å². The molecular formula is C14H19NO4S. The van der Waals surface area contributed by atoms with Crippen molar-refractivity contribution in [2.45, 2.75) is 32.1 Å². The summed E-state index contributed by atoms with van der Waals surface area (Å²) in [4.78, 5) is 22.3. The smallest absolute Gasteiger partial charge is 0.335 e. The summed E-state index contributed by atoms with van der Waals surface area (Å²) in [7, 11) is -1.18. The molecule has 0 heterocycles. The Morgan fingerprint density at radius 2 is 2.05 bits per heavy atom. The first kappa shape index (κ1) is 16.4. The van der Waals surface area contributed by atoms with Crippen LogP contribution in [-0.4, -0.2) is 33.0 Å². The molecule has 0 saturated carbocycles. The average molecular weight is 297 g/mol. The van der Waals surface area contributed by atoms with E-state index in [-0.39, 0.29) is 35.4 Å². The van der Waals surface area contributed by atoms with E-state index < -0.39 is 16.8 Å². The Hall–Kier alpha value is -1.69. The van der Waals surface area contributed by atoms with E-state index in [1.54, 1.807) is 12.1 Å². The number of carboxylic acids is 1. The van der Waals surface area contributed by atoms with Crippen molar-refractivity contribution < 1.29 is 18.9 Å². The van der Waals surface area contributed by atoms with Crippen molar-refractivity contribution in [2.24, 2.45) is 0 Å². The molecule has 0 fully saturated rings. The fourth-order valence-electron chi connectivity index (χ4n) is 1.65. The number of carbonyl (C=O) groups excluding carboxylic acids is 1. The van der Waals surface area contributed by atoms with E-state index in [0.717, 1.165) is 0 Å². The fraction of sp³-hybridized carbons (Fsp3) is 0.429. The molecule has 1 aromatic carbocycles. The van der Waals surface area contributed by atoms with Crippen LogP contribution in [0.3, 0.4) is 0 Å². The van der Waals surface area contributed by atoms with Gasteiger partial charge in [-0.3, -0.25) is 9.00 Å². The molecule has 1 amide bonds. The first-order valence-electron chi connectivity index (χ1n) is 6.35. The van der Waals surface area contributed by atoms with Crippen molar-refractivity contribution in [1.29, 1.82) is 0 Å². The Bertz CT molecular complexity index is 514. The van der Waals surface area contributed by atoms with Gasteiger partial charge in [-0.1, -0.05) is 12.1 Å². The first-order valence-corrected chi connectivity index (χ1v) is 7.84. The molecular weight excluding hydrogens is 278 g/mol. The SMILES string of the molecule is CC(C)NC(=O)CCS(=O)Cc1cccc(C(=O)O)c1. The summed E-state index contributed by atoms with van der Waals surface area (Å²) >= 11 is 0. The molecule has 5 nitrogen and oxygen atoms in total. The molecule has 1 unspecified atom stereocenters. The van der Waals surface area contributed by atoms with Crippen LogP contribution in [0.1, 0.15) is 36.2 Å². The molecule has 110 valence electrons.